The lowest BCUT2D eigenvalue weighted by molar-refractivity contribution is -0.137. The number of para-hydroxylation sites is 1. The molecule has 0 radical (unpaired) electrons. The van der Waals surface area contributed by atoms with E-state index in [0.717, 1.165) is 18.6 Å². The van der Waals surface area contributed by atoms with Crippen LogP contribution in [0.5, 0.6) is 0 Å². The molecule has 0 unspecified atom stereocenters. The van der Waals surface area contributed by atoms with Crippen LogP contribution in [0.3, 0.4) is 0 Å². The lowest BCUT2D eigenvalue weighted by Gasteiger charge is -2.10. The summed E-state index contributed by atoms with van der Waals surface area (Å²) < 4.78 is 44.7. The molecule has 0 aliphatic carbocycles. The first-order valence-electron chi connectivity index (χ1n) is 9.83. The zero-order chi connectivity index (χ0) is 22.0. The van der Waals surface area contributed by atoms with Crippen molar-refractivity contribution in [3.05, 3.63) is 83.6 Å². The van der Waals surface area contributed by atoms with Crippen molar-refractivity contribution in [3.8, 4) is 11.3 Å². The zero-order valence-corrected chi connectivity index (χ0v) is 16.7. The van der Waals surface area contributed by atoms with Crippen LogP contribution in [0.4, 0.5) is 18.9 Å². The third-order valence-corrected chi connectivity index (χ3v) is 4.83. The van der Waals surface area contributed by atoms with Gasteiger partial charge in [-0.15, -0.1) is 0 Å². The molecule has 4 nitrogen and oxygen atoms in total. The van der Waals surface area contributed by atoms with Crippen LogP contribution in [0.1, 0.15) is 31.1 Å². The van der Waals surface area contributed by atoms with Gasteiger partial charge in [0.05, 0.1) is 22.5 Å². The molecule has 0 bridgehead atoms. The van der Waals surface area contributed by atoms with Crippen molar-refractivity contribution < 1.29 is 22.4 Å². The smallest absolute Gasteiger partial charge is 0.416 e. The summed E-state index contributed by atoms with van der Waals surface area (Å²) in [4.78, 5) is 13.0. The molecule has 4 rings (SSSR count). The SMILES string of the molecule is CCCC1=NN(c2ccccc2)C(=O)/C1=C/c1ccc(-c2cccc(C(F)(F)F)c2)o1. The average Bonchev–Trinajstić information content (AvgIpc) is 3.35. The fourth-order valence-electron chi connectivity index (χ4n) is 3.34. The first-order valence-corrected chi connectivity index (χ1v) is 9.83. The van der Waals surface area contributed by atoms with Crippen molar-refractivity contribution >= 4 is 23.4 Å². The van der Waals surface area contributed by atoms with Crippen molar-refractivity contribution in [1.29, 1.82) is 0 Å². The number of halogens is 3. The van der Waals surface area contributed by atoms with Crippen LogP contribution >= 0.6 is 0 Å². The molecule has 3 aromatic rings. The van der Waals surface area contributed by atoms with Gasteiger partial charge in [0.1, 0.15) is 11.5 Å². The largest absolute Gasteiger partial charge is 0.457 e. The number of rotatable bonds is 5. The van der Waals surface area contributed by atoms with Gasteiger partial charge in [-0.05, 0) is 48.9 Å². The molecule has 0 saturated carbocycles. The van der Waals surface area contributed by atoms with E-state index < -0.39 is 11.7 Å². The summed E-state index contributed by atoms with van der Waals surface area (Å²) in [6.07, 6.45) is -1.42. The molecular weight excluding hydrogens is 405 g/mol. The van der Waals surface area contributed by atoms with E-state index in [0.29, 0.717) is 34.7 Å². The van der Waals surface area contributed by atoms with Gasteiger partial charge < -0.3 is 4.42 Å². The van der Waals surface area contributed by atoms with Gasteiger partial charge in [0.15, 0.2) is 0 Å². The minimum atomic E-state index is -4.43. The van der Waals surface area contributed by atoms with Crippen molar-refractivity contribution in [2.24, 2.45) is 5.10 Å². The van der Waals surface area contributed by atoms with Crippen LogP contribution in [0.15, 0.2) is 81.8 Å². The molecule has 1 amide bonds. The highest BCUT2D eigenvalue weighted by atomic mass is 19.4. The molecule has 7 heteroatoms. The van der Waals surface area contributed by atoms with E-state index in [-0.39, 0.29) is 11.7 Å². The van der Waals surface area contributed by atoms with Crippen LogP contribution in [0.25, 0.3) is 17.4 Å². The van der Waals surface area contributed by atoms with E-state index >= 15 is 0 Å². The van der Waals surface area contributed by atoms with Gasteiger partial charge in [-0.3, -0.25) is 4.79 Å². The number of hydrogen-bond donors (Lipinski definition) is 0. The third kappa shape index (κ3) is 4.30. The monoisotopic (exact) mass is 424 g/mol. The molecule has 2 aromatic carbocycles. The predicted molar refractivity (Wildman–Crippen MR) is 113 cm³/mol. The van der Waals surface area contributed by atoms with Gasteiger partial charge in [-0.2, -0.15) is 23.3 Å². The zero-order valence-electron chi connectivity index (χ0n) is 16.7. The van der Waals surface area contributed by atoms with Crippen LogP contribution < -0.4 is 5.01 Å². The quantitative estimate of drug-likeness (QED) is 0.436. The molecule has 0 spiro atoms. The average molecular weight is 424 g/mol. The number of furan rings is 1. The second-order valence-corrected chi connectivity index (χ2v) is 7.09. The van der Waals surface area contributed by atoms with E-state index in [4.69, 9.17) is 4.42 Å². The molecule has 158 valence electrons. The Balaban J connectivity index is 1.65. The van der Waals surface area contributed by atoms with E-state index in [1.807, 2.05) is 25.1 Å². The van der Waals surface area contributed by atoms with E-state index in [2.05, 4.69) is 5.10 Å². The highest BCUT2D eigenvalue weighted by Crippen LogP contribution is 2.33. The van der Waals surface area contributed by atoms with Gasteiger partial charge in [0, 0.05) is 5.56 Å². The summed E-state index contributed by atoms with van der Waals surface area (Å²) in [6.45, 7) is 1.99. The topological polar surface area (TPSA) is 45.8 Å². The molecule has 1 aliphatic rings. The maximum atomic E-state index is 13.0. The molecule has 1 aromatic heterocycles. The number of hydrogen-bond acceptors (Lipinski definition) is 3. The Hall–Kier alpha value is -3.61. The number of hydrazone groups is 1. The van der Waals surface area contributed by atoms with Crippen molar-refractivity contribution in [2.75, 3.05) is 5.01 Å². The molecule has 2 heterocycles. The summed E-state index contributed by atoms with van der Waals surface area (Å²) in [5.41, 5.74) is 1.28. The molecule has 0 N–H and O–H groups in total. The van der Waals surface area contributed by atoms with E-state index in [9.17, 15) is 18.0 Å². The first kappa shape index (κ1) is 20.7. The summed E-state index contributed by atoms with van der Waals surface area (Å²) in [7, 11) is 0. The van der Waals surface area contributed by atoms with E-state index in [1.54, 1.807) is 36.4 Å². The first-order chi connectivity index (χ1) is 14.9. The maximum Gasteiger partial charge on any atom is 0.416 e. The minimum Gasteiger partial charge on any atom is -0.457 e. The number of carbonyl (C=O) groups excluding carboxylic acids is 1. The molecule has 0 atom stereocenters. The number of alkyl halides is 3. The maximum absolute atomic E-state index is 13.0. The standard InChI is InChI=1S/C24H19F3N2O2/c1-2-7-21-20(23(30)29(28-21)18-10-4-3-5-11-18)15-19-12-13-22(31-19)16-8-6-9-17(14-16)24(25,26)27/h3-6,8-15H,2,7H2,1H3/b20-15+. The third-order valence-electron chi connectivity index (χ3n) is 4.83. The van der Waals surface area contributed by atoms with Gasteiger partial charge >= 0.3 is 6.18 Å². The number of carbonyl (C=O) groups is 1. The highest BCUT2D eigenvalue weighted by Gasteiger charge is 2.32. The van der Waals surface area contributed by atoms with Crippen LogP contribution in [-0.4, -0.2) is 11.6 Å². The lowest BCUT2D eigenvalue weighted by atomic mass is 10.1. The molecular formula is C24H19F3N2O2. The van der Waals surface area contributed by atoms with Gasteiger partial charge in [-0.1, -0.05) is 43.7 Å². The molecule has 0 saturated heterocycles. The Morgan fingerprint density at radius 1 is 1.03 bits per heavy atom. The summed E-state index contributed by atoms with van der Waals surface area (Å²) in [6, 6.07) is 17.3. The van der Waals surface area contributed by atoms with Gasteiger partial charge in [0.25, 0.3) is 5.91 Å². The molecule has 31 heavy (non-hydrogen) atoms. The van der Waals surface area contributed by atoms with Gasteiger partial charge in [0.2, 0.25) is 0 Å². The van der Waals surface area contributed by atoms with Crippen LogP contribution in [0.2, 0.25) is 0 Å². The summed E-state index contributed by atoms with van der Waals surface area (Å²) in [5.74, 6) is 0.387. The van der Waals surface area contributed by atoms with Crippen molar-refractivity contribution in [1.82, 2.24) is 0 Å². The normalized spacial score (nSPS) is 15.6. The Bertz CT molecular complexity index is 1160. The number of amides is 1. The van der Waals surface area contributed by atoms with Crippen LogP contribution in [0, 0.1) is 0 Å². The summed E-state index contributed by atoms with van der Waals surface area (Å²) in [5, 5.41) is 5.83. The predicted octanol–water partition coefficient (Wildman–Crippen LogP) is 6.55. The Morgan fingerprint density at radius 2 is 1.81 bits per heavy atom. The summed E-state index contributed by atoms with van der Waals surface area (Å²) >= 11 is 0. The van der Waals surface area contributed by atoms with Crippen molar-refractivity contribution in [2.45, 2.75) is 25.9 Å². The Kier molecular flexibility index (Phi) is 5.50. The second-order valence-electron chi connectivity index (χ2n) is 7.09. The molecule has 1 aliphatic heterocycles. The van der Waals surface area contributed by atoms with Gasteiger partial charge in [-0.25, -0.2) is 0 Å². The lowest BCUT2D eigenvalue weighted by Crippen LogP contribution is -2.21. The van der Waals surface area contributed by atoms with Crippen molar-refractivity contribution in [3.63, 3.8) is 0 Å². The fraction of sp³-hybridized carbons (Fsp3) is 0.167. The minimum absolute atomic E-state index is 0.272. The Morgan fingerprint density at radius 3 is 2.52 bits per heavy atom. The number of benzene rings is 2. The molecule has 0 fully saturated rings. The van der Waals surface area contributed by atoms with Crippen LogP contribution in [-0.2, 0) is 11.0 Å². The number of nitrogens with zero attached hydrogens (tertiary/aromatic N) is 2. The fourth-order valence-corrected chi connectivity index (χ4v) is 3.34. The Labute approximate surface area is 177 Å². The van der Waals surface area contributed by atoms with E-state index in [1.165, 1.54) is 11.1 Å². The highest BCUT2D eigenvalue weighted by molar-refractivity contribution is 6.32. The second kappa shape index (κ2) is 8.26. The number of anilines is 1.